The molecule has 0 saturated heterocycles. The fourth-order valence-corrected chi connectivity index (χ4v) is 3.03. The van der Waals surface area contributed by atoms with E-state index in [-0.39, 0.29) is 28.8 Å². The van der Waals surface area contributed by atoms with Crippen LogP contribution in [-0.2, 0) is 14.4 Å². The van der Waals surface area contributed by atoms with Crippen molar-refractivity contribution in [3.05, 3.63) is 52.8 Å². The summed E-state index contributed by atoms with van der Waals surface area (Å²) >= 11 is 1.13. The number of rotatable bonds is 7. The van der Waals surface area contributed by atoms with Crippen LogP contribution in [0.3, 0.4) is 0 Å². The Morgan fingerprint density at radius 1 is 1.24 bits per heavy atom. The van der Waals surface area contributed by atoms with Crippen LogP contribution in [0.1, 0.15) is 28.8 Å². The number of carbonyl (C=O) groups is 2. The Morgan fingerprint density at radius 2 is 2.00 bits per heavy atom. The smallest absolute Gasteiger partial charge is 0.362 e. The minimum atomic E-state index is -0.667. The summed E-state index contributed by atoms with van der Waals surface area (Å²) in [6.07, 6.45) is 0. The molecule has 1 N–H and O–H groups in total. The molecule has 11 heteroatoms. The third-order valence-corrected chi connectivity index (χ3v) is 4.36. The van der Waals surface area contributed by atoms with Crippen LogP contribution in [0, 0.1) is 6.92 Å². The molecule has 0 aliphatic heterocycles. The lowest BCUT2D eigenvalue weighted by molar-refractivity contribution is -0.135. The predicted molar refractivity (Wildman–Crippen MR) is 106 cm³/mol. The van der Waals surface area contributed by atoms with Crippen molar-refractivity contribution < 1.29 is 19.2 Å². The number of amides is 1. The highest BCUT2D eigenvalue weighted by Crippen LogP contribution is 2.18. The molecule has 0 saturated carbocycles. The second-order valence-electron chi connectivity index (χ2n) is 5.59. The van der Waals surface area contributed by atoms with E-state index < -0.39 is 11.9 Å². The lowest BCUT2D eigenvalue weighted by atomic mass is 10.3. The van der Waals surface area contributed by atoms with Crippen LogP contribution in [0.4, 0.5) is 5.13 Å². The highest BCUT2D eigenvalue weighted by molar-refractivity contribution is 7.14. The van der Waals surface area contributed by atoms with E-state index in [1.807, 2.05) is 30.3 Å². The molecule has 29 heavy (non-hydrogen) atoms. The predicted octanol–water partition coefficient (Wildman–Crippen LogP) is 2.20. The van der Waals surface area contributed by atoms with Crippen LogP contribution in [0.15, 0.2) is 40.9 Å². The van der Waals surface area contributed by atoms with Crippen molar-refractivity contribution in [3.8, 4) is 5.69 Å². The van der Waals surface area contributed by atoms with Gasteiger partial charge in [-0.1, -0.05) is 23.4 Å². The highest BCUT2D eigenvalue weighted by atomic mass is 32.1. The number of benzene rings is 1. The Balaban J connectivity index is 1.78. The molecule has 2 heterocycles. The SMILES string of the molecule is CCOC(=O)C(=NOC)c1csc(NC(=O)c2nn(-c3ccccc3)nc2C)n1. The quantitative estimate of drug-likeness (QED) is 0.357. The van der Waals surface area contributed by atoms with E-state index in [0.717, 1.165) is 17.0 Å². The van der Waals surface area contributed by atoms with Crippen molar-refractivity contribution in [3.63, 3.8) is 0 Å². The van der Waals surface area contributed by atoms with Gasteiger partial charge in [-0.3, -0.25) is 10.1 Å². The van der Waals surface area contributed by atoms with Gasteiger partial charge < -0.3 is 9.57 Å². The van der Waals surface area contributed by atoms with Gasteiger partial charge >= 0.3 is 5.97 Å². The molecule has 1 aromatic carbocycles. The van der Waals surface area contributed by atoms with Crippen LogP contribution in [0.2, 0.25) is 0 Å². The number of ether oxygens (including phenoxy) is 1. The van der Waals surface area contributed by atoms with E-state index in [4.69, 9.17) is 4.74 Å². The Hall–Kier alpha value is -3.60. The first-order valence-corrected chi connectivity index (χ1v) is 9.46. The number of thiazole rings is 1. The maximum Gasteiger partial charge on any atom is 0.362 e. The first kappa shape index (κ1) is 20.1. The molecule has 10 nitrogen and oxygen atoms in total. The normalized spacial score (nSPS) is 11.2. The average Bonchev–Trinajstić information content (AvgIpc) is 3.33. The molecule has 1 amide bonds. The number of esters is 1. The van der Waals surface area contributed by atoms with Crippen LogP contribution < -0.4 is 5.32 Å². The zero-order valence-electron chi connectivity index (χ0n) is 15.9. The van der Waals surface area contributed by atoms with E-state index in [1.54, 1.807) is 19.2 Å². The van der Waals surface area contributed by atoms with Crippen molar-refractivity contribution in [2.24, 2.45) is 5.16 Å². The number of aromatic nitrogens is 4. The van der Waals surface area contributed by atoms with Gasteiger partial charge in [0, 0.05) is 5.38 Å². The number of carbonyl (C=O) groups excluding carboxylic acids is 2. The maximum atomic E-state index is 12.6. The van der Waals surface area contributed by atoms with Gasteiger partial charge in [-0.25, -0.2) is 9.78 Å². The number of para-hydroxylation sites is 1. The highest BCUT2D eigenvalue weighted by Gasteiger charge is 2.22. The molecular formula is C18H18N6O4S. The van der Waals surface area contributed by atoms with Gasteiger partial charge in [-0.15, -0.1) is 16.4 Å². The number of nitrogens with zero attached hydrogens (tertiary/aromatic N) is 5. The molecule has 0 spiro atoms. The molecule has 3 rings (SSSR count). The zero-order chi connectivity index (χ0) is 20.8. The summed E-state index contributed by atoms with van der Waals surface area (Å²) in [5.74, 6) is -1.13. The first-order valence-electron chi connectivity index (χ1n) is 8.58. The summed E-state index contributed by atoms with van der Waals surface area (Å²) in [5.41, 5.74) is 1.52. The number of anilines is 1. The summed E-state index contributed by atoms with van der Waals surface area (Å²) in [4.78, 5) is 34.9. The molecule has 150 valence electrons. The van der Waals surface area contributed by atoms with Crippen LogP contribution in [0.25, 0.3) is 5.69 Å². The summed E-state index contributed by atoms with van der Waals surface area (Å²) in [7, 11) is 1.31. The van der Waals surface area contributed by atoms with Gasteiger partial charge in [0.05, 0.1) is 18.0 Å². The molecule has 0 unspecified atom stereocenters. The van der Waals surface area contributed by atoms with E-state index in [9.17, 15) is 9.59 Å². The van der Waals surface area contributed by atoms with Crippen molar-refractivity contribution in [1.82, 2.24) is 20.0 Å². The summed E-state index contributed by atoms with van der Waals surface area (Å²) < 4.78 is 4.94. The first-order chi connectivity index (χ1) is 14.0. The topological polar surface area (TPSA) is 121 Å². The molecule has 0 fully saturated rings. The second kappa shape index (κ2) is 9.06. The Labute approximate surface area is 170 Å². The van der Waals surface area contributed by atoms with Gasteiger partial charge in [0.25, 0.3) is 5.91 Å². The molecular weight excluding hydrogens is 396 g/mol. The van der Waals surface area contributed by atoms with E-state index >= 15 is 0 Å². The third kappa shape index (κ3) is 4.63. The number of aryl methyl sites for hydroxylation is 1. The minimum Gasteiger partial charge on any atom is -0.461 e. The molecule has 0 aliphatic rings. The van der Waals surface area contributed by atoms with Crippen molar-refractivity contribution in [2.45, 2.75) is 13.8 Å². The standard InChI is InChI=1S/C18H18N6O4S/c1-4-28-17(26)15(23-27-3)13-10-29-18(19-13)20-16(25)14-11(2)21-24(22-14)12-8-6-5-7-9-12/h5-10H,4H2,1-3H3,(H,19,20,25). The van der Waals surface area contributed by atoms with E-state index in [2.05, 4.69) is 30.5 Å². The fraction of sp³-hybridized carbons (Fsp3) is 0.222. The number of oxime groups is 1. The van der Waals surface area contributed by atoms with Gasteiger partial charge in [-0.2, -0.15) is 9.90 Å². The lowest BCUT2D eigenvalue weighted by Gasteiger charge is -2.02. The molecule has 0 bridgehead atoms. The molecule has 0 aliphatic carbocycles. The van der Waals surface area contributed by atoms with Gasteiger partial charge in [-0.05, 0) is 26.0 Å². The van der Waals surface area contributed by atoms with Crippen molar-refractivity contribution >= 4 is 34.1 Å². The zero-order valence-corrected chi connectivity index (χ0v) is 16.8. The maximum absolute atomic E-state index is 12.6. The van der Waals surface area contributed by atoms with Crippen molar-refractivity contribution in [1.29, 1.82) is 0 Å². The molecule has 0 atom stereocenters. The average molecular weight is 414 g/mol. The summed E-state index contributed by atoms with van der Waals surface area (Å²) in [6.45, 7) is 3.56. The van der Waals surface area contributed by atoms with Crippen LogP contribution in [-0.4, -0.2) is 51.3 Å². The van der Waals surface area contributed by atoms with E-state index in [1.165, 1.54) is 11.9 Å². The van der Waals surface area contributed by atoms with Gasteiger partial charge in [0.15, 0.2) is 10.8 Å². The van der Waals surface area contributed by atoms with Crippen LogP contribution >= 0.6 is 11.3 Å². The molecule has 0 radical (unpaired) electrons. The Morgan fingerprint density at radius 3 is 2.69 bits per heavy atom. The minimum absolute atomic E-state index is 0.0858. The van der Waals surface area contributed by atoms with Gasteiger partial charge in [0.1, 0.15) is 12.8 Å². The fourth-order valence-electron chi connectivity index (χ4n) is 2.34. The number of hydrogen-bond donors (Lipinski definition) is 1. The Kier molecular flexibility index (Phi) is 6.29. The number of nitrogens with one attached hydrogen (secondary N) is 1. The molecule has 3 aromatic rings. The van der Waals surface area contributed by atoms with E-state index in [0.29, 0.717) is 5.69 Å². The number of hydrogen-bond acceptors (Lipinski definition) is 9. The molecule has 2 aromatic heterocycles. The monoisotopic (exact) mass is 414 g/mol. The summed E-state index contributed by atoms with van der Waals surface area (Å²) in [5, 5.41) is 16.7. The van der Waals surface area contributed by atoms with Gasteiger partial charge in [0.2, 0.25) is 5.71 Å². The third-order valence-electron chi connectivity index (χ3n) is 3.60. The Bertz CT molecular complexity index is 1040. The second-order valence-corrected chi connectivity index (χ2v) is 6.45. The largest absolute Gasteiger partial charge is 0.461 e. The lowest BCUT2D eigenvalue weighted by Crippen LogP contribution is -2.20. The summed E-state index contributed by atoms with van der Waals surface area (Å²) in [6, 6.07) is 9.26. The van der Waals surface area contributed by atoms with Crippen molar-refractivity contribution in [2.75, 3.05) is 19.0 Å². The van der Waals surface area contributed by atoms with Crippen LogP contribution in [0.5, 0.6) is 0 Å².